The number of hydrogen-bond acceptors (Lipinski definition) is 2. The predicted octanol–water partition coefficient (Wildman–Crippen LogP) is 2.19. The number of hydrogen-bond donors (Lipinski definition) is 1. The summed E-state index contributed by atoms with van der Waals surface area (Å²) in [4.78, 5) is 11.2. The van der Waals surface area contributed by atoms with Crippen molar-refractivity contribution in [3.63, 3.8) is 0 Å². The molecule has 0 aromatic heterocycles. The highest BCUT2D eigenvalue weighted by molar-refractivity contribution is 9.09. The van der Waals surface area contributed by atoms with Gasteiger partial charge in [0.1, 0.15) is 0 Å². The molecule has 3 rings (SSSR count). The lowest BCUT2D eigenvalue weighted by molar-refractivity contribution is -0.116. The molecule has 0 saturated carbocycles. The summed E-state index contributed by atoms with van der Waals surface area (Å²) in [7, 11) is 0. The molecule has 84 valence electrons. The van der Waals surface area contributed by atoms with Gasteiger partial charge in [0.2, 0.25) is 5.91 Å². The minimum Gasteiger partial charge on any atom is -0.378 e. The Morgan fingerprint density at radius 2 is 2.12 bits per heavy atom. The van der Waals surface area contributed by atoms with E-state index in [-0.39, 0.29) is 10.2 Å². The van der Waals surface area contributed by atoms with Crippen molar-refractivity contribution in [2.75, 3.05) is 18.5 Å². The van der Waals surface area contributed by atoms with Crippen LogP contribution in [0.3, 0.4) is 0 Å². The number of benzene rings is 1. The lowest BCUT2D eigenvalue weighted by Crippen LogP contribution is -2.41. The van der Waals surface area contributed by atoms with Gasteiger partial charge in [-0.3, -0.25) is 4.79 Å². The van der Waals surface area contributed by atoms with E-state index < -0.39 is 0 Å². The van der Waals surface area contributed by atoms with Crippen molar-refractivity contribution in [3.05, 3.63) is 29.3 Å². The number of fused-ring (bicyclic) bond motifs is 1. The molecule has 1 N–H and O–H groups in total. The smallest absolute Gasteiger partial charge is 0.224 e. The Hall–Kier alpha value is -0.870. The summed E-state index contributed by atoms with van der Waals surface area (Å²) in [6.45, 7) is 1.44. The predicted molar refractivity (Wildman–Crippen MR) is 64.8 cm³/mol. The average Bonchev–Trinajstić information content (AvgIpc) is 2.25. The van der Waals surface area contributed by atoms with Crippen LogP contribution in [0.5, 0.6) is 0 Å². The Bertz CT molecular complexity index is 454. The molecule has 2 heterocycles. The summed E-state index contributed by atoms with van der Waals surface area (Å²) >= 11 is 3.70. The number of rotatable bonds is 1. The first-order valence-electron chi connectivity index (χ1n) is 5.37. The van der Waals surface area contributed by atoms with Crippen LogP contribution in [0.4, 0.5) is 5.69 Å². The third-order valence-corrected chi connectivity index (χ3v) is 4.10. The van der Waals surface area contributed by atoms with E-state index in [9.17, 15) is 4.79 Å². The second-order valence-electron chi connectivity index (χ2n) is 4.38. The van der Waals surface area contributed by atoms with Gasteiger partial charge in [-0.1, -0.05) is 28.1 Å². The van der Waals surface area contributed by atoms with Gasteiger partial charge in [-0.2, -0.15) is 0 Å². The third kappa shape index (κ3) is 1.57. The summed E-state index contributed by atoms with van der Waals surface area (Å²) in [5.74, 6) is 0.112. The van der Waals surface area contributed by atoms with Crippen LogP contribution < -0.4 is 5.32 Å². The molecule has 2 aliphatic rings. The fourth-order valence-electron chi connectivity index (χ4n) is 2.11. The Morgan fingerprint density at radius 3 is 2.81 bits per heavy atom. The van der Waals surface area contributed by atoms with Gasteiger partial charge in [-0.25, -0.2) is 0 Å². The van der Waals surface area contributed by atoms with E-state index in [1.54, 1.807) is 0 Å². The summed E-state index contributed by atoms with van der Waals surface area (Å²) < 4.78 is 5.23. The van der Waals surface area contributed by atoms with Gasteiger partial charge in [-0.15, -0.1) is 0 Å². The lowest BCUT2D eigenvalue weighted by atomic mass is 9.92. The minimum absolute atomic E-state index is 0.0104. The highest BCUT2D eigenvalue weighted by atomic mass is 79.9. The van der Waals surface area contributed by atoms with Gasteiger partial charge < -0.3 is 10.1 Å². The number of alkyl halides is 1. The molecule has 3 nitrogen and oxygen atoms in total. The fraction of sp³-hybridized carbons (Fsp3) is 0.417. The Kier molecular flexibility index (Phi) is 2.30. The maximum Gasteiger partial charge on any atom is 0.224 e. The zero-order valence-corrected chi connectivity index (χ0v) is 10.3. The standard InChI is InChI=1S/C12H12BrNO2/c13-12(6-16-7-12)9-2-3-10-8(5-9)1-4-11(15)14-10/h2-3,5H,1,4,6-7H2,(H,14,15). The molecule has 0 bridgehead atoms. The molecular weight excluding hydrogens is 270 g/mol. The zero-order valence-electron chi connectivity index (χ0n) is 8.75. The van der Waals surface area contributed by atoms with Crippen molar-refractivity contribution in [3.8, 4) is 0 Å². The van der Waals surface area contributed by atoms with Gasteiger partial charge in [0, 0.05) is 12.1 Å². The average molecular weight is 282 g/mol. The molecule has 16 heavy (non-hydrogen) atoms. The first kappa shape index (κ1) is 10.3. The van der Waals surface area contributed by atoms with Crippen LogP contribution in [0, 0.1) is 0 Å². The van der Waals surface area contributed by atoms with Crippen LogP contribution in [-0.4, -0.2) is 19.1 Å². The number of ether oxygens (including phenoxy) is 1. The van der Waals surface area contributed by atoms with Crippen LogP contribution in [0.1, 0.15) is 17.5 Å². The highest BCUT2D eigenvalue weighted by Crippen LogP contribution is 2.40. The number of halogens is 1. The quantitative estimate of drug-likeness (QED) is 0.802. The van der Waals surface area contributed by atoms with E-state index in [4.69, 9.17) is 4.74 Å². The highest BCUT2D eigenvalue weighted by Gasteiger charge is 2.38. The van der Waals surface area contributed by atoms with Crippen molar-refractivity contribution >= 4 is 27.5 Å². The largest absolute Gasteiger partial charge is 0.378 e. The molecule has 1 amide bonds. The second-order valence-corrected chi connectivity index (χ2v) is 5.90. The third-order valence-electron chi connectivity index (χ3n) is 3.18. The van der Waals surface area contributed by atoms with E-state index in [2.05, 4.69) is 33.4 Å². The number of aryl methyl sites for hydroxylation is 1. The van der Waals surface area contributed by atoms with Gasteiger partial charge in [-0.05, 0) is 23.6 Å². The molecular formula is C12H12BrNO2. The van der Waals surface area contributed by atoms with Crippen molar-refractivity contribution < 1.29 is 9.53 Å². The molecule has 4 heteroatoms. The molecule has 1 aromatic rings. The Morgan fingerprint density at radius 1 is 1.31 bits per heavy atom. The molecule has 0 spiro atoms. The maximum absolute atomic E-state index is 11.2. The molecule has 0 radical (unpaired) electrons. The van der Waals surface area contributed by atoms with Crippen molar-refractivity contribution in [2.24, 2.45) is 0 Å². The van der Waals surface area contributed by atoms with E-state index in [0.717, 1.165) is 25.3 Å². The molecule has 1 aromatic carbocycles. The summed E-state index contributed by atoms with van der Waals surface area (Å²) in [5.41, 5.74) is 3.42. The van der Waals surface area contributed by atoms with Crippen LogP contribution in [-0.2, 0) is 20.3 Å². The summed E-state index contributed by atoms with van der Waals surface area (Å²) in [6, 6.07) is 6.22. The Balaban J connectivity index is 1.96. The summed E-state index contributed by atoms with van der Waals surface area (Å²) in [6.07, 6.45) is 1.42. The van der Waals surface area contributed by atoms with Crippen LogP contribution >= 0.6 is 15.9 Å². The monoisotopic (exact) mass is 281 g/mol. The van der Waals surface area contributed by atoms with Crippen LogP contribution in [0.25, 0.3) is 0 Å². The van der Waals surface area contributed by atoms with Gasteiger partial charge in [0.05, 0.1) is 17.5 Å². The van der Waals surface area contributed by atoms with E-state index in [1.807, 2.05) is 6.07 Å². The molecule has 0 atom stereocenters. The first-order valence-corrected chi connectivity index (χ1v) is 6.17. The Labute approximate surface area is 102 Å². The van der Waals surface area contributed by atoms with Gasteiger partial charge >= 0.3 is 0 Å². The topological polar surface area (TPSA) is 38.3 Å². The zero-order chi connectivity index (χ0) is 11.2. The maximum atomic E-state index is 11.2. The summed E-state index contributed by atoms with van der Waals surface area (Å²) in [5, 5.41) is 2.89. The molecule has 2 aliphatic heterocycles. The van der Waals surface area contributed by atoms with Gasteiger partial charge in [0.15, 0.2) is 0 Å². The number of carbonyl (C=O) groups excluding carboxylic acids is 1. The van der Waals surface area contributed by atoms with Crippen LogP contribution in [0.2, 0.25) is 0 Å². The molecule has 1 fully saturated rings. The number of nitrogens with one attached hydrogen (secondary N) is 1. The minimum atomic E-state index is -0.0104. The SMILES string of the molecule is O=C1CCc2cc(C3(Br)COC3)ccc2N1. The van der Waals surface area contributed by atoms with E-state index >= 15 is 0 Å². The van der Waals surface area contributed by atoms with E-state index in [0.29, 0.717) is 6.42 Å². The van der Waals surface area contributed by atoms with Crippen molar-refractivity contribution in [2.45, 2.75) is 17.2 Å². The molecule has 0 unspecified atom stereocenters. The second kappa shape index (κ2) is 3.57. The number of anilines is 1. The number of carbonyl (C=O) groups is 1. The molecule has 0 aliphatic carbocycles. The van der Waals surface area contributed by atoms with Crippen LogP contribution in [0.15, 0.2) is 18.2 Å². The van der Waals surface area contributed by atoms with Crippen molar-refractivity contribution in [1.82, 2.24) is 0 Å². The number of amides is 1. The molecule has 1 saturated heterocycles. The normalized spacial score (nSPS) is 21.9. The lowest BCUT2D eigenvalue weighted by Gasteiger charge is -2.37. The van der Waals surface area contributed by atoms with Crippen molar-refractivity contribution in [1.29, 1.82) is 0 Å². The van der Waals surface area contributed by atoms with Gasteiger partial charge in [0.25, 0.3) is 0 Å². The van der Waals surface area contributed by atoms with E-state index in [1.165, 1.54) is 11.1 Å². The first-order chi connectivity index (χ1) is 7.67. The fourth-order valence-corrected chi connectivity index (χ4v) is 2.68.